The minimum absolute atomic E-state index is 0.109. The van der Waals surface area contributed by atoms with Gasteiger partial charge in [-0.05, 0) is 36.4 Å². The van der Waals surface area contributed by atoms with Crippen LogP contribution in [0.25, 0.3) is 33.9 Å². The normalized spacial score (nSPS) is 11.4. The van der Waals surface area contributed by atoms with Crippen LogP contribution in [0.3, 0.4) is 0 Å². The summed E-state index contributed by atoms with van der Waals surface area (Å²) in [7, 11) is 0. The predicted molar refractivity (Wildman–Crippen MR) is 118 cm³/mol. The van der Waals surface area contributed by atoms with Gasteiger partial charge in [-0.15, -0.1) is 11.3 Å². The maximum absolute atomic E-state index is 12.4. The topological polar surface area (TPSA) is 110 Å². The number of benzene rings is 2. The van der Waals surface area contributed by atoms with Crippen molar-refractivity contribution in [3.05, 3.63) is 89.5 Å². The van der Waals surface area contributed by atoms with E-state index in [2.05, 4.69) is 20.9 Å². The Morgan fingerprint density at radius 3 is 2.83 bits per heavy atom. The molecule has 2 aromatic heterocycles. The number of aromatic nitrogens is 1. The minimum atomic E-state index is -0.539. The van der Waals surface area contributed by atoms with Crippen LogP contribution >= 0.6 is 27.3 Å². The van der Waals surface area contributed by atoms with Gasteiger partial charge in [0.25, 0.3) is 5.69 Å². The summed E-state index contributed by atoms with van der Waals surface area (Å²) in [4.78, 5) is 27.5. The number of hydrogen-bond donors (Lipinski definition) is 0. The van der Waals surface area contributed by atoms with E-state index in [0.29, 0.717) is 21.8 Å². The third kappa shape index (κ3) is 3.78. The van der Waals surface area contributed by atoms with Gasteiger partial charge in [-0.3, -0.25) is 10.1 Å². The molecule has 0 spiro atoms. The molecule has 4 aromatic rings. The van der Waals surface area contributed by atoms with Gasteiger partial charge in [0, 0.05) is 21.3 Å². The zero-order valence-electron chi connectivity index (χ0n) is 15.0. The standard InChI is InChI=1S/C21H10BrN3O4S/c22-15-5-6-19-13(8-15)9-16(21(26)29-19)17-11-30-20(24-17)14(10-23)7-12-3-1-2-4-18(12)25(27)28/h1-9,11H/b14-7+. The molecule has 7 nitrogen and oxygen atoms in total. The van der Waals surface area contributed by atoms with Crippen molar-refractivity contribution in [2.75, 3.05) is 0 Å². The zero-order chi connectivity index (χ0) is 21.3. The summed E-state index contributed by atoms with van der Waals surface area (Å²) >= 11 is 4.55. The van der Waals surface area contributed by atoms with Gasteiger partial charge in [-0.2, -0.15) is 5.26 Å². The summed E-state index contributed by atoms with van der Waals surface area (Å²) in [6, 6.07) is 15.1. The second-order valence-corrected chi connectivity index (χ2v) is 7.93. The van der Waals surface area contributed by atoms with Crippen molar-refractivity contribution >= 4 is 55.6 Å². The second kappa shape index (κ2) is 8.02. The number of allylic oxidation sites excluding steroid dienone is 1. The molecule has 9 heteroatoms. The van der Waals surface area contributed by atoms with Crippen LogP contribution in [0.4, 0.5) is 5.69 Å². The highest BCUT2D eigenvalue weighted by molar-refractivity contribution is 9.10. The molecule has 0 saturated heterocycles. The van der Waals surface area contributed by atoms with Crippen molar-refractivity contribution in [1.29, 1.82) is 5.26 Å². The molecule has 2 aromatic carbocycles. The number of thiazole rings is 1. The molecule has 2 heterocycles. The Morgan fingerprint density at radius 2 is 2.07 bits per heavy atom. The fourth-order valence-corrected chi connectivity index (χ4v) is 4.03. The SMILES string of the molecule is N#C/C(=C\c1ccccc1[N+](=O)[O-])c1nc(-c2cc3cc(Br)ccc3oc2=O)cs1. The molecule has 0 amide bonds. The summed E-state index contributed by atoms with van der Waals surface area (Å²) in [5.74, 6) is 0. The summed E-state index contributed by atoms with van der Waals surface area (Å²) in [6.07, 6.45) is 1.42. The number of nitrogens with zero attached hydrogens (tertiary/aromatic N) is 3. The van der Waals surface area contributed by atoms with Crippen molar-refractivity contribution < 1.29 is 9.34 Å². The Morgan fingerprint density at radius 1 is 1.27 bits per heavy atom. The highest BCUT2D eigenvalue weighted by Crippen LogP contribution is 2.29. The molecule has 0 radical (unpaired) electrons. The Bertz CT molecular complexity index is 1430. The summed E-state index contributed by atoms with van der Waals surface area (Å²) < 4.78 is 6.21. The molecule has 0 fully saturated rings. The average Bonchev–Trinajstić information content (AvgIpc) is 3.21. The molecule has 0 N–H and O–H groups in total. The van der Waals surface area contributed by atoms with Crippen LogP contribution < -0.4 is 5.63 Å². The lowest BCUT2D eigenvalue weighted by molar-refractivity contribution is -0.385. The molecule has 0 atom stereocenters. The number of nitro groups is 1. The molecule has 30 heavy (non-hydrogen) atoms. The van der Waals surface area contributed by atoms with Gasteiger partial charge in [0.05, 0.1) is 27.3 Å². The Kier molecular flexibility index (Phi) is 5.27. The fourth-order valence-electron chi connectivity index (χ4n) is 2.87. The predicted octanol–water partition coefficient (Wildman–Crippen LogP) is 5.65. The maximum Gasteiger partial charge on any atom is 0.345 e. The first-order valence-electron chi connectivity index (χ1n) is 8.51. The minimum Gasteiger partial charge on any atom is -0.422 e. The van der Waals surface area contributed by atoms with Gasteiger partial charge in [-0.25, -0.2) is 9.78 Å². The van der Waals surface area contributed by atoms with E-state index in [9.17, 15) is 20.2 Å². The number of rotatable bonds is 4. The molecule has 0 bridgehead atoms. The number of hydrogen-bond acceptors (Lipinski definition) is 7. The smallest absolute Gasteiger partial charge is 0.345 e. The van der Waals surface area contributed by atoms with E-state index in [-0.39, 0.29) is 16.8 Å². The van der Waals surface area contributed by atoms with Gasteiger partial charge < -0.3 is 4.42 Å². The quantitative estimate of drug-likeness (QED) is 0.162. The summed E-state index contributed by atoms with van der Waals surface area (Å²) in [6.45, 7) is 0. The lowest BCUT2D eigenvalue weighted by Crippen LogP contribution is -2.03. The molecule has 4 rings (SSSR count). The van der Waals surface area contributed by atoms with Crippen molar-refractivity contribution in [3.63, 3.8) is 0 Å². The third-order valence-electron chi connectivity index (χ3n) is 4.26. The first kappa shape index (κ1) is 19.7. The number of nitriles is 1. The Hall–Kier alpha value is -3.61. The van der Waals surface area contributed by atoms with Crippen LogP contribution in [0.1, 0.15) is 10.6 Å². The fraction of sp³-hybridized carbons (Fsp3) is 0. The van der Waals surface area contributed by atoms with Crippen molar-refractivity contribution in [1.82, 2.24) is 4.98 Å². The van der Waals surface area contributed by atoms with Crippen LogP contribution in [-0.2, 0) is 0 Å². The van der Waals surface area contributed by atoms with E-state index < -0.39 is 10.5 Å². The first-order valence-corrected chi connectivity index (χ1v) is 10.2. The van der Waals surface area contributed by atoms with E-state index in [0.717, 1.165) is 9.86 Å². The molecular formula is C21H10BrN3O4S. The van der Waals surface area contributed by atoms with Crippen molar-refractivity contribution in [2.45, 2.75) is 0 Å². The molecule has 146 valence electrons. The summed E-state index contributed by atoms with van der Waals surface area (Å²) in [5.41, 5.74) is 0.904. The second-order valence-electron chi connectivity index (χ2n) is 6.15. The van der Waals surface area contributed by atoms with Crippen LogP contribution in [0, 0.1) is 21.4 Å². The highest BCUT2D eigenvalue weighted by Gasteiger charge is 2.16. The number of fused-ring (bicyclic) bond motifs is 1. The van der Waals surface area contributed by atoms with Crippen LogP contribution in [0.2, 0.25) is 0 Å². The molecule has 0 saturated carbocycles. The van der Waals surface area contributed by atoms with Crippen LogP contribution in [0.5, 0.6) is 0 Å². The molecule has 0 aliphatic heterocycles. The maximum atomic E-state index is 12.4. The van der Waals surface area contributed by atoms with Crippen molar-refractivity contribution in [2.24, 2.45) is 0 Å². The molecule has 0 aliphatic rings. The average molecular weight is 480 g/mol. The zero-order valence-corrected chi connectivity index (χ0v) is 17.4. The van der Waals surface area contributed by atoms with Gasteiger partial charge >= 0.3 is 5.63 Å². The molecule has 0 unspecified atom stereocenters. The largest absolute Gasteiger partial charge is 0.422 e. The van der Waals surface area contributed by atoms with E-state index >= 15 is 0 Å². The third-order valence-corrected chi connectivity index (χ3v) is 5.63. The number of para-hydroxylation sites is 1. The highest BCUT2D eigenvalue weighted by atomic mass is 79.9. The number of nitro benzene ring substituents is 1. The molecular weight excluding hydrogens is 470 g/mol. The van der Waals surface area contributed by atoms with Crippen molar-refractivity contribution in [3.8, 4) is 17.3 Å². The van der Waals surface area contributed by atoms with Crippen LogP contribution in [0.15, 0.2) is 67.6 Å². The van der Waals surface area contributed by atoms with Crippen LogP contribution in [-0.4, -0.2) is 9.91 Å². The lowest BCUT2D eigenvalue weighted by atomic mass is 10.1. The van der Waals surface area contributed by atoms with Gasteiger partial charge in [0.15, 0.2) is 0 Å². The Labute approximate surface area is 181 Å². The van der Waals surface area contributed by atoms with E-state index in [4.69, 9.17) is 4.42 Å². The molecule has 0 aliphatic carbocycles. The van der Waals surface area contributed by atoms with Gasteiger partial charge in [0.2, 0.25) is 0 Å². The van der Waals surface area contributed by atoms with E-state index in [1.807, 2.05) is 12.1 Å². The number of halogens is 1. The lowest BCUT2D eigenvalue weighted by Gasteiger charge is -2.00. The van der Waals surface area contributed by atoms with Gasteiger partial charge in [-0.1, -0.05) is 28.1 Å². The summed E-state index contributed by atoms with van der Waals surface area (Å²) in [5, 5.41) is 23.5. The van der Waals surface area contributed by atoms with E-state index in [1.165, 1.54) is 23.5 Å². The van der Waals surface area contributed by atoms with E-state index in [1.54, 1.807) is 41.8 Å². The van der Waals surface area contributed by atoms with Gasteiger partial charge in [0.1, 0.15) is 16.7 Å². The monoisotopic (exact) mass is 479 g/mol. The first-order chi connectivity index (χ1) is 14.5. The Balaban J connectivity index is 1.78.